The zero-order chi connectivity index (χ0) is 21.7. The van der Waals surface area contributed by atoms with Gasteiger partial charge in [0.1, 0.15) is 5.75 Å². The molecule has 2 aromatic carbocycles. The van der Waals surface area contributed by atoms with Gasteiger partial charge in [-0.2, -0.15) is 0 Å². The molecule has 0 aromatic heterocycles. The summed E-state index contributed by atoms with van der Waals surface area (Å²) in [6.45, 7) is 8.11. The summed E-state index contributed by atoms with van der Waals surface area (Å²) >= 11 is 0. The molecule has 4 rings (SSSR count). The van der Waals surface area contributed by atoms with Gasteiger partial charge in [0.25, 0.3) is 0 Å². The van der Waals surface area contributed by atoms with Crippen molar-refractivity contribution >= 4 is 11.6 Å². The molecule has 0 spiro atoms. The van der Waals surface area contributed by atoms with Gasteiger partial charge >= 0.3 is 0 Å². The van der Waals surface area contributed by atoms with Crippen molar-refractivity contribution in [3.63, 3.8) is 0 Å². The molecular weight excluding hydrogens is 388 g/mol. The molecule has 2 N–H and O–H groups in total. The Morgan fingerprint density at radius 1 is 1.03 bits per heavy atom. The largest absolute Gasteiger partial charge is 0.506 e. The molecule has 2 saturated heterocycles. The van der Waals surface area contributed by atoms with Gasteiger partial charge in [0.15, 0.2) is 5.96 Å². The summed E-state index contributed by atoms with van der Waals surface area (Å²) in [5.41, 5.74) is 3.74. The molecule has 0 bridgehead atoms. The van der Waals surface area contributed by atoms with E-state index in [2.05, 4.69) is 51.3 Å². The Balaban J connectivity index is 1.42. The van der Waals surface area contributed by atoms with Crippen molar-refractivity contribution in [3.05, 3.63) is 59.7 Å². The van der Waals surface area contributed by atoms with Crippen LogP contribution in [0.1, 0.15) is 24.0 Å². The summed E-state index contributed by atoms with van der Waals surface area (Å²) < 4.78 is 5.70. The highest BCUT2D eigenvalue weighted by atomic mass is 16.5. The van der Waals surface area contributed by atoms with E-state index in [9.17, 15) is 5.11 Å². The number of phenols is 1. The number of piperazine rings is 1. The molecule has 6 heteroatoms. The van der Waals surface area contributed by atoms with E-state index in [0.29, 0.717) is 5.75 Å². The molecule has 0 unspecified atom stereocenters. The lowest BCUT2D eigenvalue weighted by Gasteiger charge is -2.41. The molecule has 0 aliphatic carbocycles. The number of aromatic hydroxyl groups is 1. The van der Waals surface area contributed by atoms with E-state index in [-0.39, 0.29) is 5.41 Å². The maximum atomic E-state index is 10.2. The number of guanidine groups is 1. The van der Waals surface area contributed by atoms with Gasteiger partial charge in [0.2, 0.25) is 0 Å². The molecule has 2 fully saturated rings. The second-order valence-electron chi connectivity index (χ2n) is 8.57. The van der Waals surface area contributed by atoms with E-state index >= 15 is 0 Å². The van der Waals surface area contributed by atoms with Crippen molar-refractivity contribution in [1.29, 1.82) is 0 Å². The Hall–Kier alpha value is -2.73. The van der Waals surface area contributed by atoms with Crippen LogP contribution >= 0.6 is 0 Å². The molecule has 0 amide bonds. The highest BCUT2D eigenvalue weighted by molar-refractivity contribution is 5.80. The minimum absolute atomic E-state index is 0.0667. The molecule has 31 heavy (non-hydrogen) atoms. The van der Waals surface area contributed by atoms with Crippen LogP contribution < -0.4 is 10.2 Å². The number of aryl methyl sites for hydroxylation is 1. The summed E-state index contributed by atoms with van der Waals surface area (Å²) in [7, 11) is 1.86. The van der Waals surface area contributed by atoms with Crippen LogP contribution in [0.15, 0.2) is 53.5 Å². The fourth-order valence-electron chi connectivity index (χ4n) is 4.94. The Morgan fingerprint density at radius 3 is 2.39 bits per heavy atom. The quantitative estimate of drug-likeness (QED) is 0.586. The Morgan fingerprint density at radius 2 is 1.71 bits per heavy atom. The number of nitrogens with zero attached hydrogens (tertiary/aromatic N) is 3. The Bertz CT molecular complexity index is 900. The van der Waals surface area contributed by atoms with Gasteiger partial charge < -0.3 is 25.0 Å². The van der Waals surface area contributed by atoms with Gasteiger partial charge in [-0.1, -0.05) is 36.4 Å². The van der Waals surface area contributed by atoms with Crippen molar-refractivity contribution in [1.82, 2.24) is 10.2 Å². The van der Waals surface area contributed by atoms with Crippen LogP contribution in [0.5, 0.6) is 5.75 Å². The number of aliphatic imine (C=N–C) groups is 1. The molecular formula is C25H34N4O2. The lowest BCUT2D eigenvalue weighted by Crippen LogP contribution is -2.55. The lowest BCUT2D eigenvalue weighted by atomic mass is 9.72. The second kappa shape index (κ2) is 9.60. The third-order valence-corrected chi connectivity index (χ3v) is 6.76. The SMILES string of the molecule is CN=C(NCC1(c2ccccc2C)CCOCC1)N1CCN(c2ccccc2O)CC1. The normalized spacial score (nSPS) is 19.4. The maximum absolute atomic E-state index is 10.2. The summed E-state index contributed by atoms with van der Waals surface area (Å²) in [5, 5.41) is 13.9. The fourth-order valence-corrected chi connectivity index (χ4v) is 4.94. The number of benzene rings is 2. The van der Waals surface area contributed by atoms with E-state index in [0.717, 1.165) is 70.4 Å². The lowest BCUT2D eigenvalue weighted by molar-refractivity contribution is 0.0509. The maximum Gasteiger partial charge on any atom is 0.193 e. The average molecular weight is 423 g/mol. The van der Waals surface area contributed by atoms with Crippen molar-refractivity contribution in [3.8, 4) is 5.75 Å². The Labute approximate surface area is 185 Å². The third kappa shape index (κ3) is 4.64. The average Bonchev–Trinajstić information content (AvgIpc) is 2.81. The molecule has 0 saturated carbocycles. The first-order chi connectivity index (χ1) is 15.1. The van der Waals surface area contributed by atoms with E-state index in [4.69, 9.17) is 4.74 Å². The fraction of sp³-hybridized carbons (Fsp3) is 0.480. The van der Waals surface area contributed by atoms with Crippen LogP contribution in [-0.4, -0.2) is 69.0 Å². The van der Waals surface area contributed by atoms with E-state index in [1.165, 1.54) is 11.1 Å². The first-order valence-corrected chi connectivity index (χ1v) is 11.3. The van der Waals surface area contributed by atoms with Gasteiger partial charge in [0.05, 0.1) is 5.69 Å². The second-order valence-corrected chi connectivity index (χ2v) is 8.57. The molecule has 2 aliphatic heterocycles. The molecule has 2 aliphatic rings. The predicted molar refractivity (Wildman–Crippen MR) is 126 cm³/mol. The van der Waals surface area contributed by atoms with Gasteiger partial charge in [-0.05, 0) is 43.0 Å². The minimum atomic E-state index is 0.0667. The number of anilines is 1. The highest BCUT2D eigenvalue weighted by Crippen LogP contribution is 2.36. The van der Waals surface area contributed by atoms with Crippen molar-refractivity contribution < 1.29 is 9.84 Å². The van der Waals surface area contributed by atoms with E-state index in [1.54, 1.807) is 6.07 Å². The zero-order valence-corrected chi connectivity index (χ0v) is 18.7. The number of hydrogen-bond donors (Lipinski definition) is 2. The summed E-state index contributed by atoms with van der Waals surface area (Å²) in [6, 6.07) is 16.3. The van der Waals surface area contributed by atoms with Crippen LogP contribution in [0, 0.1) is 6.92 Å². The van der Waals surface area contributed by atoms with Gasteiger partial charge in [-0.3, -0.25) is 4.99 Å². The predicted octanol–water partition coefficient (Wildman–Crippen LogP) is 3.15. The van der Waals surface area contributed by atoms with Gasteiger partial charge in [-0.15, -0.1) is 0 Å². The van der Waals surface area contributed by atoms with Crippen LogP contribution in [0.2, 0.25) is 0 Å². The molecule has 0 atom stereocenters. The van der Waals surface area contributed by atoms with Gasteiger partial charge in [0, 0.05) is 58.4 Å². The van der Waals surface area contributed by atoms with Crippen LogP contribution in [0.4, 0.5) is 5.69 Å². The van der Waals surface area contributed by atoms with E-state index < -0.39 is 0 Å². The zero-order valence-electron chi connectivity index (χ0n) is 18.7. The summed E-state index contributed by atoms with van der Waals surface area (Å²) in [6.07, 6.45) is 2.03. The molecule has 6 nitrogen and oxygen atoms in total. The number of hydrogen-bond acceptors (Lipinski definition) is 4. The topological polar surface area (TPSA) is 60.3 Å². The minimum Gasteiger partial charge on any atom is -0.506 e. The van der Waals surface area contributed by atoms with Crippen molar-refractivity contribution in [2.75, 3.05) is 57.9 Å². The number of para-hydroxylation sites is 2. The number of phenolic OH excluding ortho intramolecular Hbond substituents is 1. The molecule has 2 aromatic rings. The van der Waals surface area contributed by atoms with Gasteiger partial charge in [-0.25, -0.2) is 0 Å². The van der Waals surface area contributed by atoms with Crippen molar-refractivity contribution in [2.45, 2.75) is 25.2 Å². The highest BCUT2D eigenvalue weighted by Gasteiger charge is 2.36. The molecule has 0 radical (unpaired) electrons. The Kier molecular flexibility index (Phi) is 6.66. The smallest absolute Gasteiger partial charge is 0.193 e. The molecule has 2 heterocycles. The van der Waals surface area contributed by atoms with E-state index in [1.807, 2.05) is 25.2 Å². The first kappa shape index (κ1) is 21.5. The number of ether oxygens (including phenoxy) is 1. The number of nitrogens with one attached hydrogen (secondary N) is 1. The number of rotatable bonds is 4. The van der Waals surface area contributed by atoms with Crippen LogP contribution in [0.25, 0.3) is 0 Å². The standard InChI is InChI=1S/C25H34N4O2/c1-20-7-3-4-8-21(20)25(11-17-31-18-12-25)19-27-24(26-2)29-15-13-28(14-16-29)22-9-5-6-10-23(22)30/h3-10,30H,11-19H2,1-2H3,(H,26,27). The third-order valence-electron chi connectivity index (χ3n) is 6.76. The monoisotopic (exact) mass is 422 g/mol. The van der Waals surface area contributed by atoms with Crippen LogP contribution in [-0.2, 0) is 10.2 Å². The molecule has 166 valence electrons. The van der Waals surface area contributed by atoms with Crippen LogP contribution in [0.3, 0.4) is 0 Å². The summed E-state index contributed by atoms with van der Waals surface area (Å²) in [5.74, 6) is 1.30. The van der Waals surface area contributed by atoms with Crippen molar-refractivity contribution in [2.24, 2.45) is 4.99 Å². The summed E-state index contributed by atoms with van der Waals surface area (Å²) in [4.78, 5) is 9.15. The first-order valence-electron chi connectivity index (χ1n) is 11.3.